The molecule has 21 heavy (non-hydrogen) atoms. The number of hydrogen-bond acceptors (Lipinski definition) is 3. The van der Waals surface area contributed by atoms with Gasteiger partial charge < -0.3 is 15.0 Å². The first-order chi connectivity index (χ1) is 9.75. The molecular formula is C17H28N2O2. The highest BCUT2D eigenvalue weighted by Crippen LogP contribution is 2.31. The first-order valence-electron chi connectivity index (χ1n) is 7.37. The number of rotatable bonds is 6. The van der Waals surface area contributed by atoms with Crippen LogP contribution in [0.2, 0.25) is 0 Å². The fourth-order valence-electron chi connectivity index (χ4n) is 2.13. The molecule has 0 unspecified atom stereocenters. The van der Waals surface area contributed by atoms with Crippen molar-refractivity contribution in [1.82, 2.24) is 10.2 Å². The Kier molecular flexibility index (Phi) is 6.21. The molecule has 0 saturated carbocycles. The molecule has 0 aliphatic heterocycles. The maximum absolute atomic E-state index is 12.2. The van der Waals surface area contributed by atoms with E-state index in [4.69, 9.17) is 4.74 Å². The molecule has 0 bridgehead atoms. The summed E-state index contributed by atoms with van der Waals surface area (Å²) < 4.78 is 5.39. The lowest BCUT2D eigenvalue weighted by atomic mass is 9.85. The lowest BCUT2D eigenvalue weighted by molar-refractivity contribution is 0.0952. The van der Waals surface area contributed by atoms with Crippen molar-refractivity contribution in [2.24, 2.45) is 0 Å². The van der Waals surface area contributed by atoms with Crippen molar-refractivity contribution in [2.45, 2.75) is 32.6 Å². The zero-order valence-electron chi connectivity index (χ0n) is 14.1. The summed E-state index contributed by atoms with van der Waals surface area (Å²) >= 11 is 0. The lowest BCUT2D eigenvalue weighted by Crippen LogP contribution is -2.27. The number of ether oxygens (including phenoxy) is 1. The van der Waals surface area contributed by atoms with E-state index in [0.717, 1.165) is 24.3 Å². The van der Waals surface area contributed by atoms with Gasteiger partial charge in [-0.15, -0.1) is 0 Å². The number of nitrogens with zero attached hydrogens (tertiary/aromatic N) is 1. The summed E-state index contributed by atoms with van der Waals surface area (Å²) in [5.74, 6) is 0.800. The van der Waals surface area contributed by atoms with E-state index in [-0.39, 0.29) is 11.3 Å². The van der Waals surface area contributed by atoms with Gasteiger partial charge in [0.2, 0.25) is 0 Å². The number of methoxy groups -OCH3 is 1. The van der Waals surface area contributed by atoms with Crippen molar-refractivity contribution < 1.29 is 9.53 Å². The van der Waals surface area contributed by atoms with Crippen LogP contribution in [0.15, 0.2) is 18.2 Å². The van der Waals surface area contributed by atoms with E-state index < -0.39 is 0 Å². The molecule has 4 heteroatoms. The minimum absolute atomic E-state index is 0.0260. The summed E-state index contributed by atoms with van der Waals surface area (Å²) in [4.78, 5) is 14.3. The largest absolute Gasteiger partial charge is 0.496 e. The number of carbonyl (C=O) groups is 1. The third kappa shape index (κ3) is 5.38. The van der Waals surface area contributed by atoms with Gasteiger partial charge in [-0.3, -0.25) is 4.79 Å². The van der Waals surface area contributed by atoms with Gasteiger partial charge in [0.1, 0.15) is 5.75 Å². The summed E-state index contributed by atoms with van der Waals surface area (Å²) in [6.07, 6.45) is 0.945. The van der Waals surface area contributed by atoms with E-state index in [2.05, 4.69) is 31.0 Å². The summed E-state index contributed by atoms with van der Waals surface area (Å²) in [5.41, 5.74) is 1.67. The van der Waals surface area contributed by atoms with Crippen LogP contribution in [0.3, 0.4) is 0 Å². The number of nitrogens with one attached hydrogen (secondary N) is 1. The molecule has 0 radical (unpaired) electrons. The second-order valence-electron chi connectivity index (χ2n) is 6.58. The fraction of sp³-hybridized carbons (Fsp3) is 0.588. The van der Waals surface area contributed by atoms with Crippen LogP contribution in [0.4, 0.5) is 0 Å². The summed E-state index contributed by atoms with van der Waals surface area (Å²) in [7, 11) is 5.72. The number of amides is 1. The molecule has 0 aromatic heterocycles. The van der Waals surface area contributed by atoms with Gasteiger partial charge in [0.05, 0.1) is 7.11 Å². The first-order valence-corrected chi connectivity index (χ1v) is 7.37. The standard InChI is InChI=1S/C17H28N2O2/c1-17(2,3)14-12-13(8-9-15(14)21-6)16(20)18-10-7-11-19(4)5/h8-9,12H,7,10-11H2,1-6H3,(H,18,20). The Labute approximate surface area is 128 Å². The van der Waals surface area contributed by atoms with Gasteiger partial charge in [-0.2, -0.15) is 0 Å². The molecule has 1 amide bonds. The molecule has 1 aromatic carbocycles. The highest BCUT2D eigenvalue weighted by atomic mass is 16.5. The Bertz CT molecular complexity index is 476. The Hall–Kier alpha value is -1.55. The highest BCUT2D eigenvalue weighted by Gasteiger charge is 2.20. The zero-order valence-corrected chi connectivity index (χ0v) is 14.1. The van der Waals surface area contributed by atoms with E-state index in [0.29, 0.717) is 12.1 Å². The van der Waals surface area contributed by atoms with Crippen molar-refractivity contribution in [1.29, 1.82) is 0 Å². The number of carbonyl (C=O) groups excluding carboxylic acids is 1. The van der Waals surface area contributed by atoms with E-state index in [1.54, 1.807) is 7.11 Å². The summed E-state index contributed by atoms with van der Waals surface area (Å²) in [5, 5.41) is 2.96. The van der Waals surface area contributed by atoms with Crippen LogP contribution in [-0.2, 0) is 5.41 Å². The van der Waals surface area contributed by atoms with Gasteiger partial charge in [0, 0.05) is 17.7 Å². The average Bonchev–Trinajstić information content (AvgIpc) is 2.41. The molecule has 4 nitrogen and oxygen atoms in total. The third-order valence-electron chi connectivity index (χ3n) is 3.34. The zero-order chi connectivity index (χ0) is 16.0. The summed E-state index contributed by atoms with van der Waals surface area (Å²) in [6.45, 7) is 8.00. The topological polar surface area (TPSA) is 41.6 Å². The Morgan fingerprint density at radius 1 is 1.29 bits per heavy atom. The molecule has 0 fully saturated rings. The van der Waals surface area contributed by atoms with Crippen LogP contribution in [-0.4, -0.2) is 45.1 Å². The molecule has 0 heterocycles. The third-order valence-corrected chi connectivity index (χ3v) is 3.34. The van der Waals surface area contributed by atoms with Crippen LogP contribution in [0.25, 0.3) is 0 Å². The molecule has 0 atom stereocenters. The molecule has 0 spiro atoms. The number of hydrogen-bond donors (Lipinski definition) is 1. The molecule has 1 N–H and O–H groups in total. The van der Waals surface area contributed by atoms with Gasteiger partial charge in [-0.25, -0.2) is 0 Å². The fourth-order valence-corrected chi connectivity index (χ4v) is 2.13. The van der Waals surface area contributed by atoms with Gasteiger partial charge in [0.15, 0.2) is 0 Å². The molecule has 1 aromatic rings. The van der Waals surface area contributed by atoms with Crippen LogP contribution in [0.1, 0.15) is 43.1 Å². The molecule has 0 saturated heterocycles. The summed E-state index contributed by atoms with van der Waals surface area (Å²) in [6, 6.07) is 5.62. The Morgan fingerprint density at radius 3 is 2.48 bits per heavy atom. The van der Waals surface area contributed by atoms with Crippen molar-refractivity contribution >= 4 is 5.91 Å². The predicted octanol–water partition coefficient (Wildman–Crippen LogP) is 2.67. The maximum Gasteiger partial charge on any atom is 0.251 e. The molecule has 0 aliphatic rings. The Morgan fingerprint density at radius 2 is 1.95 bits per heavy atom. The van der Waals surface area contributed by atoms with E-state index in [1.165, 1.54) is 0 Å². The van der Waals surface area contributed by atoms with E-state index in [1.807, 2.05) is 32.3 Å². The van der Waals surface area contributed by atoms with Crippen LogP contribution >= 0.6 is 0 Å². The van der Waals surface area contributed by atoms with Gasteiger partial charge in [0.25, 0.3) is 5.91 Å². The molecule has 0 aliphatic carbocycles. The van der Waals surface area contributed by atoms with Gasteiger partial charge in [-0.1, -0.05) is 20.8 Å². The quantitative estimate of drug-likeness (QED) is 0.820. The van der Waals surface area contributed by atoms with Crippen molar-refractivity contribution in [3.05, 3.63) is 29.3 Å². The van der Waals surface area contributed by atoms with Crippen molar-refractivity contribution in [3.8, 4) is 5.75 Å². The highest BCUT2D eigenvalue weighted by molar-refractivity contribution is 5.94. The van der Waals surface area contributed by atoms with Crippen LogP contribution in [0.5, 0.6) is 5.75 Å². The van der Waals surface area contributed by atoms with Crippen LogP contribution < -0.4 is 10.1 Å². The monoisotopic (exact) mass is 292 g/mol. The first kappa shape index (κ1) is 17.5. The number of benzene rings is 1. The average molecular weight is 292 g/mol. The molecular weight excluding hydrogens is 264 g/mol. The minimum Gasteiger partial charge on any atom is -0.496 e. The normalized spacial score (nSPS) is 11.6. The SMILES string of the molecule is COc1ccc(C(=O)NCCCN(C)C)cc1C(C)(C)C. The van der Waals surface area contributed by atoms with Crippen molar-refractivity contribution in [3.63, 3.8) is 0 Å². The predicted molar refractivity (Wildman–Crippen MR) is 87.2 cm³/mol. The minimum atomic E-state index is -0.0629. The van der Waals surface area contributed by atoms with Gasteiger partial charge in [-0.05, 0) is 50.7 Å². The van der Waals surface area contributed by atoms with Gasteiger partial charge >= 0.3 is 0 Å². The lowest BCUT2D eigenvalue weighted by Gasteiger charge is -2.22. The smallest absolute Gasteiger partial charge is 0.251 e. The second-order valence-corrected chi connectivity index (χ2v) is 6.58. The van der Waals surface area contributed by atoms with Crippen molar-refractivity contribution in [2.75, 3.05) is 34.3 Å². The molecule has 118 valence electrons. The van der Waals surface area contributed by atoms with E-state index >= 15 is 0 Å². The second kappa shape index (κ2) is 7.46. The Balaban J connectivity index is 2.77. The van der Waals surface area contributed by atoms with E-state index in [9.17, 15) is 4.79 Å². The molecule has 1 rings (SSSR count). The van der Waals surface area contributed by atoms with Crippen LogP contribution in [0, 0.1) is 0 Å². The maximum atomic E-state index is 12.2.